The van der Waals surface area contributed by atoms with Gasteiger partial charge in [0.15, 0.2) is 12.6 Å². The number of ether oxygens (including phenoxy) is 2. The number of halogens is 1. The highest BCUT2D eigenvalue weighted by atomic mass is 35.5. The maximum absolute atomic E-state index is 13.0. The Hall–Kier alpha value is -4.78. The van der Waals surface area contributed by atoms with Crippen LogP contribution in [0.25, 0.3) is 22.4 Å². The number of nitro benzene ring substituents is 1. The van der Waals surface area contributed by atoms with Gasteiger partial charge in [-0.25, -0.2) is 4.98 Å². The van der Waals surface area contributed by atoms with Gasteiger partial charge in [0.05, 0.1) is 10.6 Å². The summed E-state index contributed by atoms with van der Waals surface area (Å²) >= 11 is 6.26. The molecule has 0 radical (unpaired) electrons. The number of rotatable bonds is 8. The lowest BCUT2D eigenvalue weighted by molar-refractivity contribution is -0.384. The topological polar surface area (TPSA) is 127 Å². The van der Waals surface area contributed by atoms with E-state index in [1.807, 2.05) is 0 Å². The monoisotopic (exact) mass is 514 g/mol. The van der Waals surface area contributed by atoms with Gasteiger partial charge in [-0.3, -0.25) is 14.9 Å². The molecule has 0 bridgehead atoms. The van der Waals surface area contributed by atoms with Crippen LogP contribution in [-0.4, -0.2) is 29.7 Å². The number of pyridine rings is 1. The number of aromatic nitrogens is 1. The van der Waals surface area contributed by atoms with Crippen LogP contribution in [0.3, 0.4) is 0 Å². The lowest BCUT2D eigenvalue weighted by atomic mass is 9.97. The fourth-order valence-electron chi connectivity index (χ4n) is 3.62. The molecule has 1 amide bonds. The van der Waals surface area contributed by atoms with E-state index < -0.39 is 10.8 Å². The summed E-state index contributed by atoms with van der Waals surface area (Å²) < 4.78 is 10.7. The molecular formula is C27H19ClN4O5. The first-order valence-electron chi connectivity index (χ1n) is 10.9. The van der Waals surface area contributed by atoms with Crippen LogP contribution in [-0.2, 0) is 4.74 Å². The summed E-state index contributed by atoms with van der Waals surface area (Å²) in [6.45, 7) is -0.0414. The molecule has 0 aliphatic carbocycles. The van der Waals surface area contributed by atoms with Crippen LogP contribution < -0.4 is 10.1 Å². The van der Waals surface area contributed by atoms with E-state index in [0.29, 0.717) is 38.7 Å². The Morgan fingerprint density at radius 2 is 1.86 bits per heavy atom. The first-order chi connectivity index (χ1) is 17.9. The number of carbonyl (C=O) groups excluding carboxylic acids is 1. The molecule has 0 aliphatic heterocycles. The number of amides is 1. The van der Waals surface area contributed by atoms with Gasteiger partial charge in [-0.05, 0) is 42.0 Å². The quantitative estimate of drug-likeness (QED) is 0.171. The number of nitrogens with zero attached hydrogens (tertiary/aromatic N) is 3. The predicted molar refractivity (Wildman–Crippen MR) is 138 cm³/mol. The van der Waals surface area contributed by atoms with Crippen molar-refractivity contribution < 1.29 is 19.2 Å². The number of nitriles is 1. The summed E-state index contributed by atoms with van der Waals surface area (Å²) in [5.41, 5.74) is 1.76. The van der Waals surface area contributed by atoms with Crippen molar-refractivity contribution in [2.24, 2.45) is 0 Å². The molecule has 1 heterocycles. The molecule has 0 unspecified atom stereocenters. The summed E-state index contributed by atoms with van der Waals surface area (Å²) in [6.07, 6.45) is 0. The zero-order valence-electron chi connectivity index (χ0n) is 19.5. The zero-order chi connectivity index (χ0) is 26.4. The van der Waals surface area contributed by atoms with Crippen LogP contribution in [0.5, 0.6) is 5.75 Å². The van der Waals surface area contributed by atoms with Crippen molar-refractivity contribution in [3.05, 3.63) is 105 Å². The maximum Gasteiger partial charge on any atom is 0.270 e. The molecule has 3 aromatic carbocycles. The highest BCUT2D eigenvalue weighted by molar-refractivity contribution is 6.31. The van der Waals surface area contributed by atoms with E-state index in [2.05, 4.69) is 16.4 Å². The second-order valence-corrected chi connectivity index (χ2v) is 8.15. The maximum atomic E-state index is 13.0. The van der Waals surface area contributed by atoms with Crippen molar-refractivity contribution in [3.63, 3.8) is 0 Å². The highest BCUT2D eigenvalue weighted by Crippen LogP contribution is 2.38. The van der Waals surface area contributed by atoms with Gasteiger partial charge in [0, 0.05) is 41.0 Å². The molecule has 4 rings (SSSR count). The Labute approximate surface area is 217 Å². The first kappa shape index (κ1) is 25.3. The van der Waals surface area contributed by atoms with Crippen molar-refractivity contribution >= 4 is 29.0 Å². The lowest BCUT2D eigenvalue weighted by Crippen LogP contribution is -2.15. The molecule has 0 fully saturated rings. The molecule has 10 heteroatoms. The van der Waals surface area contributed by atoms with Crippen molar-refractivity contribution in [1.82, 2.24) is 4.98 Å². The van der Waals surface area contributed by atoms with Crippen LogP contribution in [0.1, 0.15) is 15.9 Å². The van der Waals surface area contributed by atoms with E-state index in [-0.39, 0.29) is 23.9 Å². The van der Waals surface area contributed by atoms with Crippen LogP contribution in [0, 0.1) is 21.4 Å². The van der Waals surface area contributed by atoms with E-state index in [4.69, 9.17) is 21.1 Å². The molecule has 37 heavy (non-hydrogen) atoms. The number of carbonyl (C=O) groups is 1. The number of hydrogen-bond acceptors (Lipinski definition) is 7. The van der Waals surface area contributed by atoms with Crippen molar-refractivity contribution in [3.8, 4) is 34.2 Å². The van der Waals surface area contributed by atoms with E-state index in [1.54, 1.807) is 60.7 Å². The average molecular weight is 515 g/mol. The second-order valence-electron chi connectivity index (χ2n) is 7.71. The van der Waals surface area contributed by atoms with Crippen LogP contribution in [0.15, 0.2) is 78.9 Å². The lowest BCUT2D eigenvalue weighted by Gasteiger charge is -2.16. The standard InChI is InChI=1S/C27H19ClN4O5/c1-36-16-37-25-11-10-19(28)13-22(25)24-14-21(18-8-5-9-20(12-18)32(34)35)23(15-29)26(30-24)31-27(33)17-6-3-2-4-7-17/h2-14H,16H2,1H3,(H,30,31,33). The Morgan fingerprint density at radius 1 is 1.08 bits per heavy atom. The highest BCUT2D eigenvalue weighted by Gasteiger charge is 2.21. The van der Waals surface area contributed by atoms with Crippen molar-refractivity contribution in [2.75, 3.05) is 19.2 Å². The average Bonchev–Trinajstić information content (AvgIpc) is 2.92. The van der Waals surface area contributed by atoms with Gasteiger partial charge in [-0.15, -0.1) is 0 Å². The van der Waals surface area contributed by atoms with Gasteiger partial charge in [0.25, 0.3) is 11.6 Å². The number of nitrogens with one attached hydrogen (secondary N) is 1. The van der Waals surface area contributed by atoms with Crippen LogP contribution in [0.4, 0.5) is 11.5 Å². The molecule has 1 N–H and O–H groups in total. The number of methoxy groups -OCH3 is 1. The van der Waals surface area contributed by atoms with Gasteiger partial charge < -0.3 is 14.8 Å². The summed E-state index contributed by atoms with van der Waals surface area (Å²) in [5, 5.41) is 24.6. The van der Waals surface area contributed by atoms with Gasteiger partial charge in [0.2, 0.25) is 0 Å². The zero-order valence-corrected chi connectivity index (χ0v) is 20.2. The summed E-state index contributed by atoms with van der Waals surface area (Å²) in [4.78, 5) is 28.4. The van der Waals surface area contributed by atoms with Crippen LogP contribution in [0.2, 0.25) is 5.02 Å². The Kier molecular flexibility index (Phi) is 7.74. The van der Waals surface area contributed by atoms with Gasteiger partial charge in [-0.1, -0.05) is 41.9 Å². The molecule has 1 aromatic heterocycles. The van der Waals surface area contributed by atoms with Gasteiger partial charge in [0.1, 0.15) is 17.4 Å². The van der Waals surface area contributed by atoms with Crippen molar-refractivity contribution in [2.45, 2.75) is 0 Å². The normalized spacial score (nSPS) is 10.4. The largest absolute Gasteiger partial charge is 0.467 e. The van der Waals surface area contributed by atoms with E-state index in [9.17, 15) is 20.2 Å². The molecule has 184 valence electrons. The number of nitro groups is 1. The molecule has 0 saturated heterocycles. The second kappa shape index (κ2) is 11.3. The predicted octanol–water partition coefficient (Wildman–Crippen LogP) is 6.08. The fraction of sp³-hybridized carbons (Fsp3) is 0.0741. The number of anilines is 1. The Morgan fingerprint density at radius 3 is 2.57 bits per heavy atom. The number of non-ortho nitro benzene ring substituents is 1. The van der Waals surface area contributed by atoms with Gasteiger partial charge >= 0.3 is 0 Å². The van der Waals surface area contributed by atoms with Crippen LogP contribution >= 0.6 is 11.6 Å². The summed E-state index contributed by atoms with van der Waals surface area (Å²) in [5.74, 6) is -0.101. The Bertz CT molecular complexity index is 1520. The fourth-order valence-corrected chi connectivity index (χ4v) is 3.79. The minimum absolute atomic E-state index is 0.0203. The minimum Gasteiger partial charge on any atom is -0.467 e. The third-order valence-electron chi connectivity index (χ3n) is 5.32. The number of benzene rings is 3. The van der Waals surface area contributed by atoms with E-state index in [1.165, 1.54) is 25.3 Å². The molecule has 4 aromatic rings. The summed E-state index contributed by atoms with van der Waals surface area (Å²) in [6, 6.07) is 22.9. The summed E-state index contributed by atoms with van der Waals surface area (Å²) in [7, 11) is 1.48. The van der Waals surface area contributed by atoms with Crippen molar-refractivity contribution in [1.29, 1.82) is 5.26 Å². The molecule has 9 nitrogen and oxygen atoms in total. The molecular weight excluding hydrogens is 496 g/mol. The first-order valence-corrected chi connectivity index (χ1v) is 11.3. The third-order valence-corrected chi connectivity index (χ3v) is 5.55. The third kappa shape index (κ3) is 5.73. The SMILES string of the molecule is COCOc1ccc(Cl)cc1-c1cc(-c2cccc([N+](=O)[O-])c2)c(C#N)c(NC(=O)c2ccccc2)n1. The smallest absolute Gasteiger partial charge is 0.270 e. The molecule has 0 spiro atoms. The Balaban J connectivity index is 1.94. The molecule has 0 aliphatic rings. The van der Waals surface area contributed by atoms with E-state index >= 15 is 0 Å². The molecule has 0 saturated carbocycles. The number of hydrogen-bond donors (Lipinski definition) is 1. The molecule has 0 atom stereocenters. The van der Waals surface area contributed by atoms with E-state index in [0.717, 1.165) is 0 Å². The minimum atomic E-state index is -0.524. The van der Waals surface area contributed by atoms with Gasteiger partial charge in [-0.2, -0.15) is 5.26 Å².